The lowest BCUT2D eigenvalue weighted by Crippen LogP contribution is -1.98. The second-order valence-electron chi connectivity index (χ2n) is 2.54. The molecule has 2 aromatic heterocycles. The van der Waals surface area contributed by atoms with Crippen LogP contribution < -0.4 is 5.73 Å². The maximum atomic E-state index is 8.82. The van der Waals surface area contributed by atoms with Crippen molar-refractivity contribution in [1.29, 1.82) is 10.5 Å². The van der Waals surface area contributed by atoms with Crippen LogP contribution in [0.2, 0.25) is 0 Å². The Morgan fingerprint density at radius 3 is 2.57 bits per heavy atom. The van der Waals surface area contributed by atoms with Crippen molar-refractivity contribution in [3.63, 3.8) is 0 Å². The Labute approximate surface area is 78.8 Å². The van der Waals surface area contributed by atoms with Crippen LogP contribution in [0.3, 0.4) is 0 Å². The average Bonchev–Trinajstić information content (AvgIpc) is 2.51. The lowest BCUT2D eigenvalue weighted by Gasteiger charge is -1.91. The van der Waals surface area contributed by atoms with Gasteiger partial charge in [-0.15, -0.1) is 0 Å². The minimum Gasteiger partial charge on any atom is -0.382 e. The van der Waals surface area contributed by atoms with Crippen LogP contribution in [0.1, 0.15) is 11.1 Å². The minimum absolute atomic E-state index is 0.124. The Kier molecular flexibility index (Phi) is 1.55. The van der Waals surface area contributed by atoms with Crippen molar-refractivity contribution in [2.75, 3.05) is 5.73 Å². The van der Waals surface area contributed by atoms with Crippen LogP contribution in [0.25, 0.3) is 5.65 Å². The Bertz CT molecular complexity index is 582. The lowest BCUT2D eigenvalue weighted by atomic mass is 10.2. The molecule has 2 aromatic rings. The fraction of sp³-hybridized carbons (Fsp3) is 0. The largest absolute Gasteiger partial charge is 0.382 e. The van der Waals surface area contributed by atoms with E-state index in [9.17, 15) is 0 Å². The van der Waals surface area contributed by atoms with Crippen LogP contribution in [0.5, 0.6) is 0 Å². The molecule has 6 nitrogen and oxygen atoms in total. The average molecular weight is 184 g/mol. The van der Waals surface area contributed by atoms with Crippen LogP contribution in [-0.4, -0.2) is 14.6 Å². The topological polar surface area (TPSA) is 104 Å². The zero-order valence-electron chi connectivity index (χ0n) is 6.97. The number of aromatic nitrogens is 3. The zero-order valence-corrected chi connectivity index (χ0v) is 6.97. The number of nitrogen functional groups attached to an aromatic ring is 1. The van der Waals surface area contributed by atoms with Gasteiger partial charge in [0.1, 0.15) is 29.1 Å². The third kappa shape index (κ3) is 0.822. The highest BCUT2D eigenvalue weighted by Crippen LogP contribution is 2.20. The molecular formula is C8H4N6. The molecule has 0 atom stereocenters. The van der Waals surface area contributed by atoms with E-state index in [-0.39, 0.29) is 16.9 Å². The first-order valence-corrected chi connectivity index (χ1v) is 3.71. The second kappa shape index (κ2) is 2.71. The molecule has 0 spiro atoms. The molecular weight excluding hydrogens is 180 g/mol. The number of nitrogens with zero attached hydrogens (tertiary/aromatic N) is 5. The fourth-order valence-corrected chi connectivity index (χ4v) is 1.22. The van der Waals surface area contributed by atoms with E-state index in [0.29, 0.717) is 5.65 Å². The van der Waals surface area contributed by atoms with E-state index < -0.39 is 0 Å². The monoisotopic (exact) mass is 184 g/mol. The third-order valence-electron chi connectivity index (χ3n) is 1.83. The minimum atomic E-state index is 0.124. The van der Waals surface area contributed by atoms with Crippen LogP contribution in [0, 0.1) is 22.7 Å². The summed E-state index contributed by atoms with van der Waals surface area (Å²) in [7, 11) is 0. The molecule has 6 heteroatoms. The predicted octanol–water partition coefficient (Wildman–Crippen LogP) is 0.0549. The van der Waals surface area contributed by atoms with Crippen LogP contribution in [0.4, 0.5) is 5.82 Å². The molecule has 0 radical (unpaired) electrons. The number of hydrogen-bond acceptors (Lipinski definition) is 5. The summed E-state index contributed by atoms with van der Waals surface area (Å²) in [4.78, 5) is 3.93. The van der Waals surface area contributed by atoms with Gasteiger partial charge in [0.25, 0.3) is 0 Å². The summed E-state index contributed by atoms with van der Waals surface area (Å²) in [6.07, 6.45) is 2.88. The zero-order chi connectivity index (χ0) is 10.1. The number of rotatable bonds is 0. The molecule has 2 heterocycles. The van der Waals surface area contributed by atoms with Crippen LogP contribution in [0.15, 0.2) is 12.4 Å². The van der Waals surface area contributed by atoms with E-state index >= 15 is 0 Å². The molecule has 0 amide bonds. The Morgan fingerprint density at radius 2 is 1.93 bits per heavy atom. The molecule has 2 rings (SSSR count). The Morgan fingerprint density at radius 1 is 1.21 bits per heavy atom. The van der Waals surface area contributed by atoms with Crippen LogP contribution >= 0.6 is 0 Å². The van der Waals surface area contributed by atoms with Crippen molar-refractivity contribution in [2.24, 2.45) is 0 Å². The van der Waals surface area contributed by atoms with Gasteiger partial charge in [0.05, 0.1) is 6.20 Å². The molecule has 66 valence electrons. The number of hydrogen-bond donors (Lipinski definition) is 1. The van der Waals surface area contributed by atoms with Gasteiger partial charge in [-0.3, -0.25) is 0 Å². The summed E-state index contributed by atoms with van der Waals surface area (Å²) in [6, 6.07) is 3.74. The predicted molar refractivity (Wildman–Crippen MR) is 46.8 cm³/mol. The van der Waals surface area contributed by atoms with Crippen molar-refractivity contribution in [3.05, 3.63) is 23.5 Å². The molecule has 0 saturated carbocycles. The van der Waals surface area contributed by atoms with E-state index in [0.717, 1.165) is 0 Å². The molecule has 0 saturated heterocycles. The van der Waals surface area contributed by atoms with Gasteiger partial charge in [-0.05, 0) is 0 Å². The summed E-state index contributed by atoms with van der Waals surface area (Å²) in [5, 5.41) is 21.5. The summed E-state index contributed by atoms with van der Waals surface area (Å²) in [5.41, 5.74) is 6.21. The molecule has 0 fully saturated rings. The van der Waals surface area contributed by atoms with Crippen molar-refractivity contribution in [2.45, 2.75) is 0 Å². The number of fused-ring (bicyclic) bond motifs is 1. The maximum Gasteiger partial charge on any atom is 0.175 e. The Balaban J connectivity index is 3.03. The van der Waals surface area contributed by atoms with Crippen molar-refractivity contribution >= 4 is 11.5 Å². The van der Waals surface area contributed by atoms with Gasteiger partial charge >= 0.3 is 0 Å². The first-order chi connectivity index (χ1) is 6.79. The molecule has 14 heavy (non-hydrogen) atoms. The van der Waals surface area contributed by atoms with Gasteiger partial charge in [-0.1, -0.05) is 0 Å². The fourth-order valence-electron chi connectivity index (χ4n) is 1.22. The van der Waals surface area contributed by atoms with Gasteiger partial charge in [0.2, 0.25) is 0 Å². The van der Waals surface area contributed by atoms with Crippen molar-refractivity contribution in [3.8, 4) is 12.1 Å². The summed E-state index contributed by atoms with van der Waals surface area (Å²) in [5.74, 6) is 0.146. The lowest BCUT2D eigenvalue weighted by molar-refractivity contribution is 0.919. The second-order valence-corrected chi connectivity index (χ2v) is 2.54. The van der Waals surface area contributed by atoms with Crippen LogP contribution in [-0.2, 0) is 0 Å². The first-order valence-electron chi connectivity index (χ1n) is 3.71. The highest BCUT2D eigenvalue weighted by molar-refractivity contribution is 5.72. The molecule has 0 unspecified atom stereocenters. The normalized spacial score (nSPS) is 9.57. The smallest absolute Gasteiger partial charge is 0.175 e. The van der Waals surface area contributed by atoms with Gasteiger partial charge < -0.3 is 5.73 Å². The van der Waals surface area contributed by atoms with Gasteiger partial charge in [-0.2, -0.15) is 20.1 Å². The molecule has 0 aliphatic heterocycles. The summed E-state index contributed by atoms with van der Waals surface area (Å²) in [6.45, 7) is 0. The summed E-state index contributed by atoms with van der Waals surface area (Å²) >= 11 is 0. The summed E-state index contributed by atoms with van der Waals surface area (Å²) < 4.78 is 1.27. The van der Waals surface area contributed by atoms with E-state index in [1.54, 1.807) is 0 Å². The van der Waals surface area contributed by atoms with Crippen molar-refractivity contribution in [1.82, 2.24) is 14.6 Å². The highest BCUT2D eigenvalue weighted by atomic mass is 15.3. The number of nitrogens with two attached hydrogens (primary N) is 1. The third-order valence-corrected chi connectivity index (χ3v) is 1.83. The number of anilines is 1. The maximum absolute atomic E-state index is 8.82. The van der Waals surface area contributed by atoms with Crippen molar-refractivity contribution < 1.29 is 0 Å². The molecule has 2 N–H and O–H groups in total. The van der Waals surface area contributed by atoms with Gasteiger partial charge in [0, 0.05) is 6.20 Å². The molecule has 0 aromatic carbocycles. The van der Waals surface area contributed by atoms with E-state index in [4.69, 9.17) is 16.3 Å². The van der Waals surface area contributed by atoms with Gasteiger partial charge in [-0.25, -0.2) is 4.98 Å². The van der Waals surface area contributed by atoms with E-state index in [1.165, 1.54) is 16.9 Å². The SMILES string of the molecule is N#Cc1c(C#N)c2nccnn2c1N. The molecule has 0 aliphatic carbocycles. The van der Waals surface area contributed by atoms with E-state index in [2.05, 4.69) is 10.1 Å². The standard InChI is InChI=1S/C8H4N6/c9-3-5-6(4-10)8-12-1-2-13-14(8)7(5)11/h1-2H,11H2. The highest BCUT2D eigenvalue weighted by Gasteiger charge is 2.16. The molecule has 0 bridgehead atoms. The number of nitriles is 2. The molecule has 0 aliphatic rings. The Hall–Kier alpha value is -2.60. The quantitative estimate of drug-likeness (QED) is 0.623. The van der Waals surface area contributed by atoms with E-state index in [1.807, 2.05) is 12.1 Å². The first kappa shape index (κ1) is 8.02. The van der Waals surface area contributed by atoms with Gasteiger partial charge in [0.15, 0.2) is 5.65 Å².